The minimum absolute atomic E-state index is 0.00292. The highest BCUT2D eigenvalue weighted by atomic mass is 35.5. The second-order valence-electron chi connectivity index (χ2n) is 37.1. The molecule has 0 aliphatic carbocycles. The number of ketones is 4. The lowest BCUT2D eigenvalue weighted by Gasteiger charge is -2.35. The van der Waals surface area contributed by atoms with E-state index in [9.17, 15) is 41.5 Å². The molecule has 0 radical (unpaired) electrons. The maximum atomic E-state index is 14.6. The van der Waals surface area contributed by atoms with Crippen LogP contribution in [0, 0.1) is 19.7 Å². The third-order valence-electron chi connectivity index (χ3n) is 27.5. The van der Waals surface area contributed by atoms with Crippen molar-refractivity contribution in [1.29, 1.82) is 0 Å². The lowest BCUT2D eigenvalue weighted by molar-refractivity contribution is -0.137. The van der Waals surface area contributed by atoms with Crippen molar-refractivity contribution < 1.29 is 60.5 Å². The Morgan fingerprint density at radius 1 is 0.378 bits per heavy atom. The molecule has 0 unspecified atom stereocenters. The first kappa shape index (κ1) is 103. The SMILES string of the molecule is C[C@@H]1CCCN1CCCOc1c(Cl)cc(C(=O)CN2CCN(c3ccccc3)CC2)cc1Cl.C[C@@H]1CCCN1CCCOc1ccc(C(=O)CN2CCN(C(=O)c3ccccc3)CC2)c(F)c1.C[C@@H]1CCCN1CCCOc1ccc(C(=O)CN2CCN(c3ccc(C(F)(F)F)cc3)CC2)cc1.Cc1cc(C(=O)CN2CCN(c3ncccn3)CC2)cc(C)c1OCCCN1CCC[C@H]1C. The highest BCUT2D eigenvalue weighted by molar-refractivity contribution is 6.37. The number of nitrogens with zero attached hydrogens (tertiary/aromatic N) is 14. The number of rotatable bonds is 36. The molecule has 8 saturated heterocycles. The summed E-state index contributed by atoms with van der Waals surface area (Å²) in [6, 6.07) is 48.5. The van der Waals surface area contributed by atoms with Crippen molar-refractivity contribution >= 4 is 69.6 Å². The summed E-state index contributed by atoms with van der Waals surface area (Å²) in [5.41, 5.74) is 6.17. The normalized spacial score (nSPS) is 19.6. The van der Waals surface area contributed by atoms with E-state index >= 15 is 0 Å². The second-order valence-corrected chi connectivity index (χ2v) is 38.0. The predicted octanol–water partition coefficient (Wildman–Crippen LogP) is 17.3. The van der Waals surface area contributed by atoms with Crippen molar-refractivity contribution in [3.8, 4) is 23.0 Å². The van der Waals surface area contributed by atoms with Gasteiger partial charge in [-0.2, -0.15) is 13.2 Å². The van der Waals surface area contributed by atoms with Crippen molar-refractivity contribution in [1.82, 2.24) is 54.1 Å². The number of piperazine rings is 4. The Bertz CT molecular complexity index is 4850. The number of aryl methyl sites for hydroxylation is 2. The van der Waals surface area contributed by atoms with E-state index in [0.717, 1.165) is 163 Å². The van der Waals surface area contributed by atoms with Gasteiger partial charge < -0.3 is 58.1 Å². The van der Waals surface area contributed by atoms with Gasteiger partial charge in [0, 0.05) is 207 Å². The van der Waals surface area contributed by atoms with Gasteiger partial charge in [-0.25, -0.2) is 14.4 Å². The van der Waals surface area contributed by atoms with Crippen molar-refractivity contribution in [2.75, 3.05) is 224 Å². The molecule has 9 heterocycles. The average Bonchev–Trinajstić information content (AvgIpc) is 1.03. The maximum Gasteiger partial charge on any atom is 0.416 e. The zero-order valence-corrected chi connectivity index (χ0v) is 81.3. The van der Waals surface area contributed by atoms with Crippen LogP contribution < -0.4 is 33.6 Å². The second kappa shape index (κ2) is 51.7. The van der Waals surface area contributed by atoms with Crippen molar-refractivity contribution in [2.24, 2.45) is 0 Å². The monoisotopic (exact) mass is 1900 g/mol. The molecule has 8 aliphatic rings. The fourth-order valence-corrected chi connectivity index (χ4v) is 19.9. The first-order chi connectivity index (χ1) is 65.3. The summed E-state index contributed by atoms with van der Waals surface area (Å²) in [7, 11) is 0. The highest BCUT2D eigenvalue weighted by Crippen LogP contribution is 2.37. The largest absolute Gasteiger partial charge is 0.494 e. The van der Waals surface area contributed by atoms with Crippen LogP contribution in [0.15, 0.2) is 170 Å². The van der Waals surface area contributed by atoms with E-state index in [1.54, 1.807) is 35.5 Å². The summed E-state index contributed by atoms with van der Waals surface area (Å²) in [6.07, 6.45) is 13.3. The fourth-order valence-electron chi connectivity index (χ4n) is 19.3. The van der Waals surface area contributed by atoms with E-state index in [0.29, 0.717) is 161 Å². The molecular weight excluding hydrogens is 1760 g/mol. The average molecular weight is 1900 g/mol. The van der Waals surface area contributed by atoms with Crippen LogP contribution in [-0.4, -0.2) is 317 Å². The van der Waals surface area contributed by atoms with Gasteiger partial charge in [-0.3, -0.25) is 43.6 Å². The molecule has 135 heavy (non-hydrogen) atoms. The summed E-state index contributed by atoms with van der Waals surface area (Å²) < 4.78 is 76.5. The van der Waals surface area contributed by atoms with Gasteiger partial charge in [-0.05, 0) is 271 Å². The van der Waals surface area contributed by atoms with E-state index in [4.69, 9.17) is 42.1 Å². The molecule has 1 aromatic heterocycles. The standard InChI is InChI=1S/C27H34F3N3O2.C27H34FN3O3.C26H33Cl2N3O2.C26H37N5O2/c1-21-4-2-13-32(21)14-3-19-35-25-11-5-22(6-12-25)26(34)20-31-15-17-33(18-16-31)24-9-7-23(8-10-24)27(28,29)30;1-21-7-5-12-30(21)13-6-18-34-23-10-11-24(25(28)19-23)26(32)20-29-14-16-31(17-15-29)27(33)22-8-3-2-4-9-22;1-20-7-5-10-30(20)11-6-16-33-26-23(27)17-21(18-24(26)28)25(32)19-29-12-14-31(15-13-29)22-8-3-2-4-9-22;1-20-17-23(18-21(2)25(20)33-16-6-11-30-10-4-7-22(30)3)24(32)19-29-12-14-31(15-13-29)26-27-8-5-9-28-26/h5-12,21H,2-4,13-20H2,1H3;2-4,8-11,19,21H,5-7,12-18,20H2,1H3;2-4,8-9,17-18,20H,5-7,10-16,19H2,1H3;5,8-9,17-18,22H,4,6-7,10-16,19H2,1-3H3/t2*21-;20-;22-/m1111/s1. The fraction of sp³-hybridized carbons (Fsp3) is 0.519. The number of aromatic nitrogens is 2. The van der Waals surface area contributed by atoms with Gasteiger partial charge in [0.15, 0.2) is 28.9 Å². The van der Waals surface area contributed by atoms with Crippen LogP contribution >= 0.6 is 23.2 Å². The molecule has 4 atom stereocenters. The summed E-state index contributed by atoms with van der Waals surface area (Å²) in [5, 5.41) is 0.795. The summed E-state index contributed by atoms with van der Waals surface area (Å²) >= 11 is 12.9. The van der Waals surface area contributed by atoms with E-state index < -0.39 is 17.6 Å². The van der Waals surface area contributed by atoms with Gasteiger partial charge in [0.05, 0.1) is 73.8 Å². The maximum absolute atomic E-state index is 14.6. The van der Waals surface area contributed by atoms with E-state index in [1.165, 1.54) is 101 Å². The van der Waals surface area contributed by atoms with Crippen molar-refractivity contribution in [3.05, 3.63) is 230 Å². The van der Waals surface area contributed by atoms with Gasteiger partial charge in [0.1, 0.15) is 23.1 Å². The van der Waals surface area contributed by atoms with Crippen LogP contribution in [0.1, 0.15) is 173 Å². The number of para-hydroxylation sites is 1. The van der Waals surface area contributed by atoms with Crippen LogP contribution in [0.4, 0.5) is 34.9 Å². The predicted molar refractivity (Wildman–Crippen MR) is 529 cm³/mol. The van der Waals surface area contributed by atoms with E-state index in [1.807, 2.05) is 97.6 Å². The third-order valence-corrected chi connectivity index (χ3v) is 28.0. The molecule has 7 aromatic carbocycles. The number of anilines is 3. The Hall–Kier alpha value is -9.65. The molecule has 0 saturated carbocycles. The molecule has 0 N–H and O–H groups in total. The number of benzene rings is 7. The molecule has 8 aliphatic heterocycles. The van der Waals surface area contributed by atoms with Crippen LogP contribution in [0.3, 0.4) is 0 Å². The molecule has 0 bridgehead atoms. The number of Topliss-reactive ketones (excluding diaryl/α,β-unsaturated/α-hetero) is 4. The van der Waals surface area contributed by atoms with Crippen LogP contribution in [0.25, 0.3) is 0 Å². The van der Waals surface area contributed by atoms with Gasteiger partial charge in [-0.15, -0.1) is 0 Å². The van der Waals surface area contributed by atoms with Crippen molar-refractivity contribution in [2.45, 2.75) is 149 Å². The first-order valence-corrected chi connectivity index (χ1v) is 49.7. The number of likely N-dealkylation sites (tertiary alicyclic amines) is 4. The molecule has 0 spiro atoms. The lowest BCUT2D eigenvalue weighted by Crippen LogP contribution is -2.49. The Labute approximate surface area is 806 Å². The number of alkyl halides is 3. The van der Waals surface area contributed by atoms with Crippen molar-refractivity contribution in [3.63, 3.8) is 0 Å². The molecule has 728 valence electrons. The summed E-state index contributed by atoms with van der Waals surface area (Å²) in [6.45, 7) is 37.6. The number of halogens is 6. The summed E-state index contributed by atoms with van der Waals surface area (Å²) in [4.78, 5) is 99.4. The zero-order valence-electron chi connectivity index (χ0n) is 79.8. The molecule has 16 rings (SSSR count). The van der Waals surface area contributed by atoms with Gasteiger partial charge in [0.25, 0.3) is 5.91 Å². The van der Waals surface area contributed by atoms with Crippen LogP contribution in [0.2, 0.25) is 10.0 Å². The summed E-state index contributed by atoms with van der Waals surface area (Å²) in [5.74, 6) is 2.85. The Morgan fingerprint density at radius 2 is 0.756 bits per heavy atom. The van der Waals surface area contributed by atoms with E-state index in [2.05, 4.69) is 111 Å². The highest BCUT2D eigenvalue weighted by Gasteiger charge is 2.33. The first-order valence-electron chi connectivity index (χ1n) is 48.9. The number of carbonyl (C=O) groups excluding carboxylic acids is 5. The molecule has 23 nitrogen and oxygen atoms in total. The topological polar surface area (TPSA) is 187 Å². The minimum atomic E-state index is -4.33. The Kier molecular flexibility index (Phi) is 39.3. The number of hydrogen-bond donors (Lipinski definition) is 0. The van der Waals surface area contributed by atoms with E-state index in [-0.39, 0.29) is 41.1 Å². The number of carbonyl (C=O) groups is 5. The van der Waals surface area contributed by atoms with Gasteiger partial charge >= 0.3 is 6.18 Å². The Morgan fingerprint density at radius 3 is 1.19 bits per heavy atom. The Balaban J connectivity index is 0.000000152. The molecule has 29 heteroatoms. The molecule has 1 amide bonds. The van der Waals surface area contributed by atoms with Crippen LogP contribution in [0.5, 0.6) is 23.0 Å². The quantitative estimate of drug-likeness (QED) is 0.0205. The lowest BCUT2D eigenvalue weighted by atomic mass is 10.0. The zero-order chi connectivity index (χ0) is 95.2. The molecule has 8 fully saturated rings. The number of hydrogen-bond acceptors (Lipinski definition) is 22. The minimum Gasteiger partial charge on any atom is -0.494 e. The van der Waals surface area contributed by atoms with Gasteiger partial charge in [0.2, 0.25) is 5.95 Å². The molecule has 8 aromatic rings. The number of ether oxygens (including phenoxy) is 4. The smallest absolute Gasteiger partial charge is 0.416 e. The number of amides is 1. The van der Waals surface area contributed by atoms with Gasteiger partial charge in [-0.1, -0.05) is 59.6 Å². The third kappa shape index (κ3) is 30.9. The van der Waals surface area contributed by atoms with Crippen LogP contribution in [-0.2, 0) is 6.18 Å². The molecular formula is C106H138Cl2F4N14O9.